The summed E-state index contributed by atoms with van der Waals surface area (Å²) in [4.78, 5) is 8.63. The molecule has 0 fully saturated rings. The van der Waals surface area contributed by atoms with Crippen LogP contribution >= 0.6 is 0 Å². The molecule has 2 aromatic rings. The quantitative estimate of drug-likeness (QED) is 0.549. The van der Waals surface area contributed by atoms with Gasteiger partial charge in [-0.15, -0.1) is 0 Å². The number of aromatic nitrogens is 1. The predicted molar refractivity (Wildman–Crippen MR) is 110 cm³/mol. The molecule has 1 aromatic heterocycles. The number of guanidine groups is 1. The van der Waals surface area contributed by atoms with Crippen LogP contribution in [0.1, 0.15) is 43.0 Å². The van der Waals surface area contributed by atoms with Crippen LogP contribution < -0.4 is 20.1 Å². The zero-order valence-corrected chi connectivity index (χ0v) is 16.9. The summed E-state index contributed by atoms with van der Waals surface area (Å²) in [7, 11) is 3.45. The zero-order valence-electron chi connectivity index (χ0n) is 16.9. The number of nitrogens with one attached hydrogen (secondary N) is 2. The Kier molecular flexibility index (Phi) is 7.92. The van der Waals surface area contributed by atoms with Gasteiger partial charge < -0.3 is 20.1 Å². The molecule has 1 heterocycles. The van der Waals surface area contributed by atoms with E-state index in [1.54, 1.807) is 14.2 Å². The molecule has 146 valence electrons. The molecule has 1 aromatic carbocycles. The van der Waals surface area contributed by atoms with Gasteiger partial charge in [-0.1, -0.05) is 30.7 Å². The van der Waals surface area contributed by atoms with E-state index < -0.39 is 0 Å². The number of ether oxygens (including phenoxy) is 2. The van der Waals surface area contributed by atoms with E-state index in [4.69, 9.17) is 9.47 Å². The number of aryl methyl sites for hydroxylation is 1. The summed E-state index contributed by atoms with van der Waals surface area (Å²) in [6.45, 7) is 7.54. The van der Waals surface area contributed by atoms with Crippen molar-refractivity contribution < 1.29 is 9.47 Å². The molecule has 27 heavy (non-hydrogen) atoms. The van der Waals surface area contributed by atoms with Crippen LogP contribution in [0.5, 0.6) is 11.6 Å². The summed E-state index contributed by atoms with van der Waals surface area (Å²) >= 11 is 0. The summed E-state index contributed by atoms with van der Waals surface area (Å²) in [5.41, 5.74) is 3.35. The Labute approximate surface area is 162 Å². The second-order valence-corrected chi connectivity index (χ2v) is 6.39. The lowest BCUT2D eigenvalue weighted by molar-refractivity contribution is 0.305. The average Bonchev–Trinajstić information content (AvgIpc) is 2.70. The van der Waals surface area contributed by atoms with Crippen LogP contribution in [0, 0.1) is 6.92 Å². The van der Waals surface area contributed by atoms with Crippen molar-refractivity contribution in [1.29, 1.82) is 0 Å². The highest BCUT2D eigenvalue weighted by molar-refractivity contribution is 5.80. The van der Waals surface area contributed by atoms with E-state index in [1.165, 1.54) is 5.56 Å². The van der Waals surface area contributed by atoms with E-state index in [0.717, 1.165) is 29.3 Å². The van der Waals surface area contributed by atoms with Crippen molar-refractivity contribution >= 4 is 5.96 Å². The van der Waals surface area contributed by atoms with Crippen molar-refractivity contribution in [3.63, 3.8) is 0 Å². The van der Waals surface area contributed by atoms with Crippen LogP contribution in [-0.4, -0.2) is 31.7 Å². The molecule has 0 aliphatic heterocycles. The fourth-order valence-electron chi connectivity index (χ4n) is 2.66. The Hall–Kier alpha value is -2.76. The van der Waals surface area contributed by atoms with Crippen molar-refractivity contribution in [2.45, 2.75) is 39.8 Å². The Morgan fingerprint density at radius 2 is 2.07 bits per heavy atom. The fraction of sp³-hybridized carbons (Fsp3) is 0.429. The molecule has 6 heteroatoms. The maximum absolute atomic E-state index is 5.51. The second-order valence-electron chi connectivity index (χ2n) is 6.39. The molecule has 2 rings (SSSR count). The van der Waals surface area contributed by atoms with Crippen LogP contribution in [0.25, 0.3) is 0 Å². The first-order valence-electron chi connectivity index (χ1n) is 9.26. The van der Waals surface area contributed by atoms with Gasteiger partial charge in [-0.05, 0) is 31.9 Å². The minimum Gasteiger partial charge on any atom is -0.496 e. The largest absolute Gasteiger partial charge is 0.496 e. The van der Waals surface area contributed by atoms with Crippen molar-refractivity contribution in [1.82, 2.24) is 15.6 Å². The monoisotopic (exact) mass is 370 g/mol. The van der Waals surface area contributed by atoms with Crippen LogP contribution in [0.15, 0.2) is 41.5 Å². The van der Waals surface area contributed by atoms with Gasteiger partial charge in [-0.2, -0.15) is 0 Å². The number of hydrogen-bond donors (Lipinski definition) is 2. The maximum atomic E-state index is 5.51. The molecule has 0 amide bonds. The van der Waals surface area contributed by atoms with Crippen molar-refractivity contribution in [3.05, 3.63) is 53.2 Å². The highest BCUT2D eigenvalue weighted by atomic mass is 16.5. The Bertz CT molecular complexity index is 744. The molecular weight excluding hydrogens is 340 g/mol. The van der Waals surface area contributed by atoms with Crippen LogP contribution in [0.3, 0.4) is 0 Å². The molecule has 0 spiro atoms. The normalized spacial score (nSPS) is 12.4. The zero-order chi connectivity index (χ0) is 19.6. The lowest BCUT2D eigenvalue weighted by Crippen LogP contribution is -2.38. The molecule has 0 bridgehead atoms. The molecule has 0 aliphatic carbocycles. The summed E-state index contributed by atoms with van der Waals surface area (Å²) in [6, 6.07) is 10.1. The van der Waals surface area contributed by atoms with Gasteiger partial charge in [-0.3, -0.25) is 4.99 Å². The molecule has 0 saturated carbocycles. The van der Waals surface area contributed by atoms with E-state index in [0.29, 0.717) is 19.0 Å². The van der Waals surface area contributed by atoms with Gasteiger partial charge in [0.25, 0.3) is 0 Å². The number of nitrogens with zero attached hydrogens (tertiary/aromatic N) is 2. The molecule has 1 atom stereocenters. The lowest BCUT2D eigenvalue weighted by atomic mass is 10.0. The second kappa shape index (κ2) is 10.4. The van der Waals surface area contributed by atoms with Crippen molar-refractivity contribution in [3.8, 4) is 11.6 Å². The minimum atomic E-state index is 0.0500. The Morgan fingerprint density at radius 3 is 2.70 bits per heavy atom. The Balaban J connectivity index is 1.95. The smallest absolute Gasteiger partial charge is 0.213 e. The van der Waals surface area contributed by atoms with E-state index in [1.807, 2.05) is 30.5 Å². The number of aliphatic imine (C=N–C) groups is 1. The SMILES string of the molecule is CCCOc1ccc(CNC(=NC)NC(C)c2cc(C)ccc2OC)cn1. The standard InChI is InChI=1S/C21H30N4O2/c1-6-11-27-20-10-8-17(13-23-20)14-24-21(22-4)25-16(3)18-12-15(2)7-9-19(18)26-5/h7-10,12-13,16H,6,11,14H2,1-5H3,(H2,22,24,25). The van der Waals surface area contributed by atoms with Crippen LogP contribution in [-0.2, 0) is 6.54 Å². The Morgan fingerprint density at radius 1 is 1.26 bits per heavy atom. The third kappa shape index (κ3) is 6.16. The number of methoxy groups -OCH3 is 1. The van der Waals surface area contributed by atoms with E-state index >= 15 is 0 Å². The van der Waals surface area contributed by atoms with Gasteiger partial charge in [0.2, 0.25) is 5.88 Å². The number of hydrogen-bond acceptors (Lipinski definition) is 4. The first-order valence-corrected chi connectivity index (χ1v) is 9.26. The van der Waals surface area contributed by atoms with Crippen LogP contribution in [0.4, 0.5) is 0 Å². The number of pyridine rings is 1. The summed E-state index contributed by atoms with van der Waals surface area (Å²) < 4.78 is 11.0. The molecule has 1 unspecified atom stereocenters. The summed E-state index contributed by atoms with van der Waals surface area (Å²) in [5, 5.41) is 6.73. The van der Waals surface area contributed by atoms with Crippen molar-refractivity contribution in [2.75, 3.05) is 20.8 Å². The molecule has 0 saturated heterocycles. The third-order valence-corrected chi connectivity index (χ3v) is 4.14. The fourth-order valence-corrected chi connectivity index (χ4v) is 2.66. The van der Waals surface area contributed by atoms with Crippen LogP contribution in [0.2, 0.25) is 0 Å². The van der Waals surface area contributed by atoms with Gasteiger partial charge >= 0.3 is 0 Å². The van der Waals surface area contributed by atoms with Crippen molar-refractivity contribution in [2.24, 2.45) is 4.99 Å². The molecule has 0 aliphatic rings. The molecule has 0 radical (unpaired) electrons. The van der Waals surface area contributed by atoms with Gasteiger partial charge in [0.05, 0.1) is 19.8 Å². The average molecular weight is 370 g/mol. The summed E-state index contributed by atoms with van der Waals surface area (Å²) in [6.07, 6.45) is 2.79. The lowest BCUT2D eigenvalue weighted by Gasteiger charge is -2.20. The van der Waals surface area contributed by atoms with Gasteiger partial charge in [0, 0.05) is 31.4 Å². The summed E-state index contributed by atoms with van der Waals surface area (Å²) in [5.74, 6) is 2.24. The molecule has 2 N–H and O–H groups in total. The van der Waals surface area contributed by atoms with E-state index in [-0.39, 0.29) is 6.04 Å². The van der Waals surface area contributed by atoms with Gasteiger partial charge in [-0.25, -0.2) is 4.98 Å². The minimum absolute atomic E-state index is 0.0500. The highest BCUT2D eigenvalue weighted by Gasteiger charge is 2.13. The van der Waals surface area contributed by atoms with E-state index in [9.17, 15) is 0 Å². The van der Waals surface area contributed by atoms with Gasteiger partial charge in [0.15, 0.2) is 5.96 Å². The van der Waals surface area contributed by atoms with E-state index in [2.05, 4.69) is 47.4 Å². The van der Waals surface area contributed by atoms with Gasteiger partial charge in [0.1, 0.15) is 5.75 Å². The highest BCUT2D eigenvalue weighted by Crippen LogP contribution is 2.25. The third-order valence-electron chi connectivity index (χ3n) is 4.14. The number of benzene rings is 1. The maximum Gasteiger partial charge on any atom is 0.213 e. The first kappa shape index (κ1) is 20.6. The number of rotatable bonds is 8. The molecule has 6 nitrogen and oxygen atoms in total. The topological polar surface area (TPSA) is 67.8 Å². The molecular formula is C21H30N4O2. The first-order chi connectivity index (χ1) is 13.1. The predicted octanol–water partition coefficient (Wildman–Crippen LogP) is 3.61.